The average molecular weight is 280 g/mol. The number of anilines is 3. The van der Waals surface area contributed by atoms with E-state index in [0.717, 1.165) is 5.69 Å². The highest BCUT2D eigenvalue weighted by Gasteiger charge is 2.13. The van der Waals surface area contributed by atoms with Crippen LogP contribution < -0.4 is 10.6 Å². The monoisotopic (exact) mass is 280 g/mol. The minimum absolute atomic E-state index is 0.134. The Morgan fingerprint density at radius 3 is 2.52 bits per heavy atom. The van der Waals surface area contributed by atoms with E-state index in [9.17, 15) is 4.79 Å². The van der Waals surface area contributed by atoms with Crippen LogP contribution in [0.15, 0.2) is 54.6 Å². The maximum Gasteiger partial charge on any atom is 0.270 e. The molecule has 21 heavy (non-hydrogen) atoms. The Kier molecular flexibility index (Phi) is 3.55. The number of carbonyl (C=O) groups is 1. The van der Waals surface area contributed by atoms with Crippen LogP contribution in [0.3, 0.4) is 0 Å². The summed E-state index contributed by atoms with van der Waals surface area (Å²) in [5.74, 6) is -0.176. The highest BCUT2D eigenvalue weighted by atomic mass is 16.1. The van der Waals surface area contributed by atoms with Crippen LogP contribution in [0.1, 0.15) is 10.4 Å². The zero-order valence-corrected chi connectivity index (χ0v) is 10.9. The molecule has 7 nitrogen and oxygen atoms in total. The summed E-state index contributed by atoms with van der Waals surface area (Å²) in [6, 6.07) is 16.8. The van der Waals surface area contributed by atoms with E-state index < -0.39 is 0 Å². The van der Waals surface area contributed by atoms with Crippen molar-refractivity contribution in [1.82, 2.24) is 20.6 Å². The van der Waals surface area contributed by atoms with Gasteiger partial charge in [-0.3, -0.25) is 10.1 Å². The van der Waals surface area contributed by atoms with Gasteiger partial charge in [0, 0.05) is 5.69 Å². The first-order chi connectivity index (χ1) is 10.3. The molecule has 0 aliphatic carbocycles. The molecule has 0 spiro atoms. The second kappa shape index (κ2) is 5.83. The number of amides is 1. The van der Waals surface area contributed by atoms with Crippen molar-refractivity contribution < 1.29 is 4.79 Å². The number of tetrazole rings is 1. The van der Waals surface area contributed by atoms with Crippen LogP contribution in [0.4, 0.5) is 17.3 Å². The van der Waals surface area contributed by atoms with Gasteiger partial charge in [-0.15, -0.1) is 5.10 Å². The number of hydrogen-bond acceptors (Lipinski definition) is 5. The topological polar surface area (TPSA) is 95.6 Å². The minimum Gasteiger partial charge on any atom is -0.355 e. The molecule has 0 aliphatic heterocycles. The smallest absolute Gasteiger partial charge is 0.270 e. The summed E-state index contributed by atoms with van der Waals surface area (Å²) in [6.07, 6.45) is 0. The lowest BCUT2D eigenvalue weighted by molar-refractivity contribution is 0.102. The molecule has 0 unspecified atom stereocenters. The van der Waals surface area contributed by atoms with Gasteiger partial charge in [0.15, 0.2) is 0 Å². The van der Waals surface area contributed by atoms with Crippen molar-refractivity contribution in [2.75, 3.05) is 10.6 Å². The molecule has 0 fully saturated rings. The van der Waals surface area contributed by atoms with Crippen molar-refractivity contribution in [3.05, 3.63) is 60.2 Å². The van der Waals surface area contributed by atoms with Crippen molar-refractivity contribution in [1.29, 1.82) is 0 Å². The van der Waals surface area contributed by atoms with Crippen LogP contribution in [-0.4, -0.2) is 26.5 Å². The number of nitrogens with one attached hydrogen (secondary N) is 3. The molecule has 1 aromatic heterocycles. The fourth-order valence-corrected chi connectivity index (χ4v) is 1.85. The number of hydrogen-bond donors (Lipinski definition) is 3. The Labute approximate surface area is 120 Å². The normalized spacial score (nSPS) is 10.1. The Bertz CT molecular complexity index is 726. The number of nitrogens with zero attached hydrogens (tertiary/aromatic N) is 3. The van der Waals surface area contributed by atoms with Crippen molar-refractivity contribution >= 4 is 23.2 Å². The first kappa shape index (κ1) is 12.8. The van der Waals surface area contributed by atoms with Crippen LogP contribution in [0.2, 0.25) is 0 Å². The summed E-state index contributed by atoms with van der Waals surface area (Å²) in [5.41, 5.74) is 2.09. The predicted octanol–water partition coefficient (Wildman–Crippen LogP) is 2.20. The summed E-state index contributed by atoms with van der Waals surface area (Å²) in [6.45, 7) is 0. The molecule has 104 valence electrons. The number of rotatable bonds is 4. The zero-order chi connectivity index (χ0) is 14.5. The zero-order valence-electron chi connectivity index (χ0n) is 10.9. The average Bonchev–Trinajstić information content (AvgIpc) is 3.02. The summed E-state index contributed by atoms with van der Waals surface area (Å²) in [5, 5.41) is 18.8. The summed E-state index contributed by atoms with van der Waals surface area (Å²) in [4.78, 5) is 12.3. The van der Waals surface area contributed by atoms with E-state index in [1.165, 1.54) is 0 Å². The third-order valence-corrected chi connectivity index (χ3v) is 2.80. The molecular formula is C14H12N6O. The molecule has 0 radical (unpaired) electrons. The highest BCUT2D eigenvalue weighted by molar-refractivity contribution is 6.07. The summed E-state index contributed by atoms with van der Waals surface area (Å²) in [7, 11) is 0. The SMILES string of the molecule is O=C(Nc1nn[nH]n1)c1ccccc1Nc1ccccc1. The van der Waals surface area contributed by atoms with Gasteiger partial charge in [0.1, 0.15) is 0 Å². The van der Waals surface area contributed by atoms with Gasteiger partial charge in [0.25, 0.3) is 11.9 Å². The quantitative estimate of drug-likeness (QED) is 0.681. The van der Waals surface area contributed by atoms with Gasteiger partial charge >= 0.3 is 0 Å². The molecule has 7 heteroatoms. The number of benzene rings is 2. The van der Waals surface area contributed by atoms with Gasteiger partial charge < -0.3 is 5.32 Å². The number of carbonyl (C=O) groups excluding carboxylic acids is 1. The second-order valence-corrected chi connectivity index (χ2v) is 4.23. The highest BCUT2D eigenvalue weighted by Crippen LogP contribution is 2.21. The lowest BCUT2D eigenvalue weighted by Crippen LogP contribution is -2.14. The van der Waals surface area contributed by atoms with E-state index >= 15 is 0 Å². The van der Waals surface area contributed by atoms with Crippen molar-refractivity contribution in [3.63, 3.8) is 0 Å². The molecule has 2 aromatic carbocycles. The van der Waals surface area contributed by atoms with Crippen molar-refractivity contribution in [3.8, 4) is 0 Å². The Hall–Kier alpha value is -3.22. The molecule has 1 heterocycles. The van der Waals surface area contributed by atoms with Crippen LogP contribution in [-0.2, 0) is 0 Å². The largest absolute Gasteiger partial charge is 0.355 e. The van der Waals surface area contributed by atoms with Gasteiger partial charge in [0.05, 0.1) is 11.3 Å². The maximum absolute atomic E-state index is 12.3. The summed E-state index contributed by atoms with van der Waals surface area (Å²) < 4.78 is 0. The van der Waals surface area contributed by atoms with Gasteiger partial charge in [-0.2, -0.15) is 5.21 Å². The fourth-order valence-electron chi connectivity index (χ4n) is 1.85. The molecule has 0 atom stereocenters. The number of aromatic nitrogens is 4. The van der Waals surface area contributed by atoms with E-state index in [2.05, 4.69) is 31.3 Å². The number of para-hydroxylation sites is 2. The molecule has 3 rings (SSSR count). The summed E-state index contributed by atoms with van der Waals surface area (Å²) >= 11 is 0. The van der Waals surface area contributed by atoms with E-state index in [0.29, 0.717) is 11.3 Å². The first-order valence-electron chi connectivity index (χ1n) is 6.29. The second-order valence-electron chi connectivity index (χ2n) is 4.23. The van der Waals surface area contributed by atoms with Gasteiger partial charge in [-0.25, -0.2) is 0 Å². The molecule has 0 bridgehead atoms. The lowest BCUT2D eigenvalue weighted by Gasteiger charge is -2.11. The maximum atomic E-state index is 12.3. The van der Waals surface area contributed by atoms with E-state index in [1.807, 2.05) is 42.5 Å². The molecule has 1 amide bonds. The number of H-pyrrole nitrogens is 1. The lowest BCUT2D eigenvalue weighted by atomic mass is 10.1. The van der Waals surface area contributed by atoms with Gasteiger partial charge in [0.2, 0.25) is 0 Å². The van der Waals surface area contributed by atoms with Crippen LogP contribution in [0, 0.1) is 0 Å². The molecular weight excluding hydrogens is 268 g/mol. The number of aromatic amines is 1. The fraction of sp³-hybridized carbons (Fsp3) is 0. The molecule has 3 N–H and O–H groups in total. The minimum atomic E-state index is -0.310. The predicted molar refractivity (Wildman–Crippen MR) is 78.3 cm³/mol. The Morgan fingerprint density at radius 2 is 1.76 bits per heavy atom. The van der Waals surface area contributed by atoms with E-state index in [1.54, 1.807) is 12.1 Å². The Balaban J connectivity index is 1.84. The molecule has 0 saturated carbocycles. The van der Waals surface area contributed by atoms with Crippen LogP contribution in [0.25, 0.3) is 0 Å². The van der Waals surface area contributed by atoms with Gasteiger partial charge in [-0.05, 0) is 29.5 Å². The van der Waals surface area contributed by atoms with Crippen LogP contribution >= 0.6 is 0 Å². The standard InChI is InChI=1S/C14H12N6O/c21-13(16-14-17-19-20-18-14)11-8-4-5-9-12(11)15-10-6-2-1-3-7-10/h1-9,15H,(H2,16,17,18,19,20,21). The molecule has 0 saturated heterocycles. The van der Waals surface area contributed by atoms with E-state index in [4.69, 9.17) is 0 Å². The molecule has 0 aliphatic rings. The third-order valence-electron chi connectivity index (χ3n) is 2.80. The van der Waals surface area contributed by atoms with Gasteiger partial charge in [-0.1, -0.05) is 35.4 Å². The molecule has 3 aromatic rings. The van der Waals surface area contributed by atoms with Crippen LogP contribution in [0.5, 0.6) is 0 Å². The first-order valence-corrected chi connectivity index (χ1v) is 6.29. The van der Waals surface area contributed by atoms with Crippen molar-refractivity contribution in [2.24, 2.45) is 0 Å². The third kappa shape index (κ3) is 3.03. The Morgan fingerprint density at radius 1 is 1.00 bits per heavy atom. The van der Waals surface area contributed by atoms with Crippen molar-refractivity contribution in [2.45, 2.75) is 0 Å². The van der Waals surface area contributed by atoms with E-state index in [-0.39, 0.29) is 11.9 Å².